The summed E-state index contributed by atoms with van der Waals surface area (Å²) in [4.78, 5) is 9.69. The summed E-state index contributed by atoms with van der Waals surface area (Å²) < 4.78 is 36.7. The number of aliphatic hydroxyl groups excluding tert-OH is 1. The maximum absolute atomic E-state index is 12.3. The number of halogens is 4. The summed E-state index contributed by atoms with van der Waals surface area (Å²) in [6.45, 7) is -0.834. The van der Waals surface area contributed by atoms with Crippen molar-refractivity contribution in [3.63, 3.8) is 0 Å². The van der Waals surface area contributed by atoms with Crippen molar-refractivity contribution in [3.05, 3.63) is 37.8 Å². The summed E-state index contributed by atoms with van der Waals surface area (Å²) in [5.74, 6) is 0. The van der Waals surface area contributed by atoms with E-state index in [1.807, 2.05) is 0 Å². The van der Waals surface area contributed by atoms with Crippen LogP contribution in [0.15, 0.2) is 16.6 Å². The van der Waals surface area contributed by atoms with Crippen molar-refractivity contribution in [1.29, 1.82) is 0 Å². The summed E-state index contributed by atoms with van der Waals surface area (Å²) in [5.41, 5.74) is -1.99. The van der Waals surface area contributed by atoms with E-state index in [2.05, 4.69) is 15.9 Å². The third-order valence-corrected chi connectivity index (χ3v) is 2.43. The van der Waals surface area contributed by atoms with Crippen LogP contribution in [0.1, 0.15) is 11.1 Å². The molecule has 0 amide bonds. The number of alkyl halides is 3. The predicted molar refractivity (Wildman–Crippen MR) is 51.7 cm³/mol. The highest BCUT2D eigenvalue weighted by Gasteiger charge is 2.33. The zero-order valence-corrected chi connectivity index (χ0v) is 9.17. The van der Waals surface area contributed by atoms with Gasteiger partial charge in [0.1, 0.15) is 0 Å². The zero-order valence-electron chi connectivity index (χ0n) is 7.58. The van der Waals surface area contributed by atoms with E-state index in [1.54, 1.807) is 0 Å². The summed E-state index contributed by atoms with van der Waals surface area (Å²) in [5, 5.41) is 19.3. The van der Waals surface area contributed by atoms with Gasteiger partial charge in [0.15, 0.2) is 0 Å². The molecule has 0 saturated carbocycles. The molecule has 0 fully saturated rings. The quantitative estimate of drug-likeness (QED) is 0.674. The number of rotatable bonds is 2. The Labute approximate surface area is 96.0 Å². The van der Waals surface area contributed by atoms with Gasteiger partial charge in [-0.15, -0.1) is 0 Å². The molecule has 88 valence electrons. The van der Waals surface area contributed by atoms with Crippen LogP contribution in [0, 0.1) is 10.1 Å². The Hall–Kier alpha value is -1.15. The number of nitrogens with zero attached hydrogens (tertiary/aromatic N) is 1. The van der Waals surface area contributed by atoms with Crippen molar-refractivity contribution >= 4 is 21.6 Å². The summed E-state index contributed by atoms with van der Waals surface area (Å²) in [6, 6.07) is 1.17. The van der Waals surface area contributed by atoms with Crippen molar-refractivity contribution in [3.8, 4) is 0 Å². The van der Waals surface area contributed by atoms with Crippen LogP contribution in [-0.2, 0) is 12.8 Å². The fourth-order valence-corrected chi connectivity index (χ4v) is 1.79. The van der Waals surface area contributed by atoms with Crippen molar-refractivity contribution in [2.45, 2.75) is 12.8 Å². The first-order chi connectivity index (χ1) is 7.27. The summed E-state index contributed by atoms with van der Waals surface area (Å²) in [7, 11) is 0. The van der Waals surface area contributed by atoms with Crippen LogP contribution in [0.2, 0.25) is 0 Å². The van der Waals surface area contributed by atoms with Gasteiger partial charge in [-0.05, 0) is 28.1 Å². The molecule has 1 aromatic rings. The smallest absolute Gasteiger partial charge is 0.391 e. The average Bonchev–Trinajstić information content (AvgIpc) is 2.14. The SMILES string of the molecule is O=[N+]([O-])c1c(Br)cc(C(F)(F)F)cc1CO. The maximum atomic E-state index is 12.3. The third-order valence-electron chi connectivity index (χ3n) is 1.82. The van der Waals surface area contributed by atoms with E-state index in [1.165, 1.54) is 0 Å². The molecule has 0 aliphatic rings. The van der Waals surface area contributed by atoms with Crippen LogP contribution >= 0.6 is 15.9 Å². The summed E-state index contributed by atoms with van der Waals surface area (Å²) in [6.07, 6.45) is -4.61. The average molecular weight is 300 g/mol. The minimum atomic E-state index is -4.61. The number of benzene rings is 1. The maximum Gasteiger partial charge on any atom is 0.416 e. The second-order valence-electron chi connectivity index (χ2n) is 2.88. The Morgan fingerprint density at radius 3 is 2.38 bits per heavy atom. The van der Waals surface area contributed by atoms with E-state index in [0.717, 1.165) is 0 Å². The second-order valence-corrected chi connectivity index (χ2v) is 3.73. The van der Waals surface area contributed by atoms with Gasteiger partial charge in [0.05, 0.1) is 27.1 Å². The highest BCUT2D eigenvalue weighted by molar-refractivity contribution is 9.10. The molecule has 0 spiro atoms. The number of aliphatic hydroxyl groups is 1. The Kier molecular flexibility index (Phi) is 3.54. The van der Waals surface area contributed by atoms with Crippen LogP contribution in [0.25, 0.3) is 0 Å². The van der Waals surface area contributed by atoms with Crippen LogP contribution in [0.4, 0.5) is 18.9 Å². The van der Waals surface area contributed by atoms with Crippen LogP contribution in [-0.4, -0.2) is 10.0 Å². The van der Waals surface area contributed by atoms with Gasteiger partial charge in [-0.1, -0.05) is 0 Å². The van der Waals surface area contributed by atoms with E-state index in [9.17, 15) is 23.3 Å². The minimum absolute atomic E-state index is 0.309. The van der Waals surface area contributed by atoms with Crippen LogP contribution in [0.3, 0.4) is 0 Å². The number of nitro groups is 1. The lowest BCUT2D eigenvalue weighted by atomic mass is 10.1. The first-order valence-electron chi connectivity index (χ1n) is 3.92. The van der Waals surface area contributed by atoms with Crippen LogP contribution in [0.5, 0.6) is 0 Å². The molecule has 0 aliphatic heterocycles. The monoisotopic (exact) mass is 299 g/mol. The highest BCUT2D eigenvalue weighted by Crippen LogP contribution is 2.37. The van der Waals surface area contributed by atoms with E-state index in [4.69, 9.17) is 5.11 Å². The molecule has 0 atom stereocenters. The molecular weight excluding hydrogens is 295 g/mol. The van der Waals surface area contributed by atoms with E-state index in [-0.39, 0.29) is 10.0 Å². The molecule has 0 aromatic heterocycles. The zero-order chi connectivity index (χ0) is 12.5. The molecular formula is C8H5BrF3NO3. The lowest BCUT2D eigenvalue weighted by Crippen LogP contribution is -2.07. The number of nitro benzene ring substituents is 1. The van der Waals surface area contributed by atoms with Crippen molar-refractivity contribution < 1.29 is 23.2 Å². The van der Waals surface area contributed by atoms with E-state index >= 15 is 0 Å². The lowest BCUT2D eigenvalue weighted by Gasteiger charge is -2.09. The minimum Gasteiger partial charge on any atom is -0.391 e. The third kappa shape index (κ3) is 2.50. The fraction of sp³-hybridized carbons (Fsp3) is 0.250. The van der Waals surface area contributed by atoms with Crippen molar-refractivity contribution in [2.24, 2.45) is 0 Å². The van der Waals surface area contributed by atoms with Gasteiger partial charge in [-0.2, -0.15) is 13.2 Å². The van der Waals surface area contributed by atoms with Gasteiger partial charge in [0.25, 0.3) is 5.69 Å². The Morgan fingerprint density at radius 2 is 2.00 bits per heavy atom. The van der Waals surface area contributed by atoms with Gasteiger partial charge in [0, 0.05) is 0 Å². The van der Waals surface area contributed by atoms with Crippen LogP contribution < -0.4 is 0 Å². The standard InChI is InChI=1S/C8H5BrF3NO3/c9-6-2-5(8(10,11)12)1-4(3-14)7(6)13(15)16/h1-2,14H,3H2. The van der Waals surface area contributed by atoms with Crippen molar-refractivity contribution in [1.82, 2.24) is 0 Å². The largest absolute Gasteiger partial charge is 0.416 e. The molecule has 1 aromatic carbocycles. The Bertz CT molecular complexity index is 433. The Morgan fingerprint density at radius 1 is 1.44 bits per heavy atom. The first-order valence-corrected chi connectivity index (χ1v) is 4.71. The van der Waals surface area contributed by atoms with E-state index in [0.29, 0.717) is 12.1 Å². The summed E-state index contributed by atoms with van der Waals surface area (Å²) >= 11 is 2.68. The first kappa shape index (κ1) is 12.9. The normalized spacial score (nSPS) is 11.6. The predicted octanol–water partition coefficient (Wildman–Crippen LogP) is 2.87. The molecule has 0 radical (unpaired) electrons. The Balaban J connectivity index is 3.44. The molecule has 0 saturated heterocycles. The molecule has 0 aliphatic carbocycles. The number of hydrogen-bond donors (Lipinski definition) is 1. The van der Waals surface area contributed by atoms with Gasteiger partial charge in [-0.25, -0.2) is 0 Å². The molecule has 16 heavy (non-hydrogen) atoms. The number of hydrogen-bond acceptors (Lipinski definition) is 3. The topological polar surface area (TPSA) is 63.4 Å². The lowest BCUT2D eigenvalue weighted by molar-refractivity contribution is -0.386. The van der Waals surface area contributed by atoms with Gasteiger partial charge >= 0.3 is 6.18 Å². The molecule has 0 bridgehead atoms. The van der Waals surface area contributed by atoms with Gasteiger partial charge in [0.2, 0.25) is 0 Å². The van der Waals surface area contributed by atoms with Gasteiger partial charge in [-0.3, -0.25) is 10.1 Å². The molecule has 8 heteroatoms. The van der Waals surface area contributed by atoms with E-state index < -0.39 is 29.0 Å². The van der Waals surface area contributed by atoms with Gasteiger partial charge < -0.3 is 5.11 Å². The molecule has 0 heterocycles. The fourth-order valence-electron chi connectivity index (χ4n) is 1.14. The molecule has 1 rings (SSSR count). The molecule has 1 N–H and O–H groups in total. The van der Waals surface area contributed by atoms with Crippen molar-refractivity contribution in [2.75, 3.05) is 0 Å². The molecule has 0 unspecified atom stereocenters. The highest BCUT2D eigenvalue weighted by atomic mass is 79.9. The molecule has 4 nitrogen and oxygen atoms in total. The second kappa shape index (κ2) is 4.38.